The molecule has 76 valence electrons. The third kappa shape index (κ3) is 2.57. The monoisotopic (exact) mass is 217 g/mol. The van der Waals surface area contributed by atoms with Crippen molar-refractivity contribution < 1.29 is 4.79 Å². The van der Waals surface area contributed by atoms with E-state index in [2.05, 4.69) is 17.6 Å². The number of benzene rings is 1. The minimum Gasteiger partial charge on any atom is -0.287 e. The minimum absolute atomic E-state index is 0.0926. The summed E-state index contributed by atoms with van der Waals surface area (Å²) in [5, 5.41) is 1.03. The van der Waals surface area contributed by atoms with Crippen LogP contribution in [0, 0.1) is 0 Å². The summed E-state index contributed by atoms with van der Waals surface area (Å²) in [6, 6.07) is 11.9. The van der Waals surface area contributed by atoms with Crippen molar-refractivity contribution in [2.75, 3.05) is 0 Å². The molecule has 0 unspecified atom stereocenters. The van der Waals surface area contributed by atoms with Crippen LogP contribution in [0.1, 0.15) is 12.1 Å². The molecule has 0 radical (unpaired) electrons. The number of aryl methyl sites for hydroxylation is 1. The van der Waals surface area contributed by atoms with Crippen molar-refractivity contribution >= 4 is 28.6 Å². The normalized spacial score (nSPS) is 10.5. The van der Waals surface area contributed by atoms with E-state index in [0.29, 0.717) is 12.8 Å². The molecule has 3 heteroatoms. The van der Waals surface area contributed by atoms with Crippen LogP contribution in [0.2, 0.25) is 0 Å². The van der Waals surface area contributed by atoms with Gasteiger partial charge in [0, 0.05) is 17.5 Å². The molecule has 0 spiro atoms. The Hall–Kier alpha value is -1.35. The predicted molar refractivity (Wildman–Crippen MR) is 64.1 cm³/mol. The number of carbonyl (C=O) groups is 1. The van der Waals surface area contributed by atoms with Gasteiger partial charge < -0.3 is 0 Å². The van der Waals surface area contributed by atoms with Gasteiger partial charge in [0.2, 0.25) is 0 Å². The molecular formula is C12H11NOS. The number of nitrogens with zero attached hydrogens (tertiary/aromatic N) is 1. The number of aromatic nitrogens is 1. The van der Waals surface area contributed by atoms with Crippen molar-refractivity contribution in [1.29, 1.82) is 0 Å². The Bertz CT molecular complexity index is 496. The van der Waals surface area contributed by atoms with Crippen molar-refractivity contribution in [3.63, 3.8) is 0 Å². The second-order valence-electron chi connectivity index (χ2n) is 3.39. The molecular weight excluding hydrogens is 206 g/mol. The van der Waals surface area contributed by atoms with Gasteiger partial charge in [-0.2, -0.15) is 0 Å². The van der Waals surface area contributed by atoms with Crippen LogP contribution in [0.4, 0.5) is 0 Å². The fourth-order valence-corrected chi connectivity index (χ4v) is 1.59. The third-order valence-electron chi connectivity index (χ3n) is 2.25. The highest BCUT2D eigenvalue weighted by Crippen LogP contribution is 2.12. The number of hydrogen-bond acceptors (Lipinski definition) is 2. The molecule has 0 fully saturated rings. The lowest BCUT2D eigenvalue weighted by molar-refractivity contribution is -0.110. The smallest absolute Gasteiger partial charge is 0.186 e. The zero-order chi connectivity index (χ0) is 10.7. The lowest BCUT2D eigenvalue weighted by atomic mass is 10.1. The molecule has 0 aliphatic heterocycles. The average molecular weight is 217 g/mol. The molecule has 1 heterocycles. The zero-order valence-corrected chi connectivity index (χ0v) is 9.08. The number of para-hydroxylation sites is 1. The summed E-state index contributed by atoms with van der Waals surface area (Å²) in [4.78, 5) is 15.2. The summed E-state index contributed by atoms with van der Waals surface area (Å²) >= 11 is 3.74. The molecule has 2 nitrogen and oxygen atoms in total. The molecule has 0 N–H and O–H groups in total. The molecule has 0 atom stereocenters. The number of thiol groups is 1. The van der Waals surface area contributed by atoms with E-state index >= 15 is 0 Å². The van der Waals surface area contributed by atoms with Gasteiger partial charge in [-0.25, -0.2) is 0 Å². The fraction of sp³-hybridized carbons (Fsp3) is 0.167. The fourth-order valence-electron chi connectivity index (χ4n) is 1.48. The van der Waals surface area contributed by atoms with Crippen molar-refractivity contribution in [2.24, 2.45) is 0 Å². The van der Waals surface area contributed by atoms with E-state index in [1.165, 1.54) is 0 Å². The first-order valence-corrected chi connectivity index (χ1v) is 5.27. The van der Waals surface area contributed by atoms with Crippen molar-refractivity contribution in [3.8, 4) is 0 Å². The van der Waals surface area contributed by atoms with Crippen LogP contribution in [0.25, 0.3) is 10.9 Å². The first-order chi connectivity index (χ1) is 7.25. The van der Waals surface area contributed by atoms with Crippen molar-refractivity contribution in [3.05, 3.63) is 42.1 Å². The lowest BCUT2D eigenvalue weighted by Crippen LogP contribution is -1.94. The summed E-state index contributed by atoms with van der Waals surface area (Å²) in [6.45, 7) is 0. The van der Waals surface area contributed by atoms with E-state index in [0.717, 1.165) is 16.6 Å². The molecule has 2 aromatic rings. The number of carbonyl (C=O) groups excluding carboxylic acids is 1. The quantitative estimate of drug-likeness (QED) is 0.801. The molecule has 15 heavy (non-hydrogen) atoms. The predicted octanol–water partition coefficient (Wildman–Crippen LogP) is 2.62. The minimum atomic E-state index is -0.0926. The van der Waals surface area contributed by atoms with Gasteiger partial charge in [-0.3, -0.25) is 9.78 Å². The Morgan fingerprint density at radius 3 is 2.80 bits per heavy atom. The maximum Gasteiger partial charge on any atom is 0.186 e. The van der Waals surface area contributed by atoms with E-state index in [1.54, 1.807) is 0 Å². The molecule has 0 bridgehead atoms. The van der Waals surface area contributed by atoms with Gasteiger partial charge in [-0.1, -0.05) is 24.3 Å². The van der Waals surface area contributed by atoms with Crippen LogP contribution in [0.3, 0.4) is 0 Å². The number of rotatable bonds is 3. The van der Waals surface area contributed by atoms with Crippen molar-refractivity contribution in [1.82, 2.24) is 4.98 Å². The Morgan fingerprint density at radius 1 is 1.20 bits per heavy atom. The van der Waals surface area contributed by atoms with Crippen LogP contribution >= 0.6 is 12.6 Å². The SMILES string of the molecule is O=C(S)CCc1ccc2ccccc2n1. The van der Waals surface area contributed by atoms with E-state index in [9.17, 15) is 4.79 Å². The van der Waals surface area contributed by atoms with Crippen LogP contribution in [-0.4, -0.2) is 10.1 Å². The summed E-state index contributed by atoms with van der Waals surface area (Å²) < 4.78 is 0. The second kappa shape index (κ2) is 4.45. The maximum absolute atomic E-state index is 10.7. The zero-order valence-electron chi connectivity index (χ0n) is 8.18. The average Bonchev–Trinajstić information content (AvgIpc) is 2.26. The highest BCUT2D eigenvalue weighted by molar-refractivity contribution is 7.96. The Balaban J connectivity index is 2.26. The summed E-state index contributed by atoms with van der Waals surface area (Å²) in [7, 11) is 0. The highest BCUT2D eigenvalue weighted by atomic mass is 32.1. The Kier molecular flexibility index (Phi) is 3.02. The molecule has 0 amide bonds. The topological polar surface area (TPSA) is 30.0 Å². The molecule has 1 aromatic carbocycles. The summed E-state index contributed by atoms with van der Waals surface area (Å²) in [6.07, 6.45) is 1.10. The van der Waals surface area contributed by atoms with Crippen LogP contribution < -0.4 is 0 Å². The van der Waals surface area contributed by atoms with Gasteiger partial charge in [0.25, 0.3) is 0 Å². The van der Waals surface area contributed by atoms with Gasteiger partial charge in [-0.15, -0.1) is 12.6 Å². The maximum atomic E-state index is 10.7. The first-order valence-electron chi connectivity index (χ1n) is 4.82. The third-order valence-corrected chi connectivity index (χ3v) is 2.47. The second-order valence-corrected chi connectivity index (χ2v) is 3.89. The molecule has 0 aliphatic rings. The largest absolute Gasteiger partial charge is 0.287 e. The standard InChI is InChI=1S/C12H11NOS/c14-12(15)8-7-10-6-5-9-3-1-2-4-11(9)13-10/h1-6H,7-8H2,(H,14,15). The lowest BCUT2D eigenvalue weighted by Gasteiger charge is -2.00. The summed E-state index contributed by atoms with van der Waals surface area (Å²) in [5.41, 5.74) is 1.91. The Morgan fingerprint density at radius 2 is 2.00 bits per heavy atom. The molecule has 1 aromatic heterocycles. The van der Waals surface area contributed by atoms with Gasteiger partial charge in [-0.05, 0) is 18.6 Å². The van der Waals surface area contributed by atoms with Crippen LogP contribution in [0.5, 0.6) is 0 Å². The number of hydrogen-bond donors (Lipinski definition) is 1. The van der Waals surface area contributed by atoms with Crippen molar-refractivity contribution in [2.45, 2.75) is 12.8 Å². The highest BCUT2D eigenvalue weighted by Gasteiger charge is 2.00. The van der Waals surface area contributed by atoms with Gasteiger partial charge >= 0.3 is 0 Å². The van der Waals surface area contributed by atoms with E-state index < -0.39 is 0 Å². The van der Waals surface area contributed by atoms with E-state index in [4.69, 9.17) is 0 Å². The Labute approximate surface area is 93.7 Å². The van der Waals surface area contributed by atoms with Gasteiger partial charge in [0.15, 0.2) is 5.12 Å². The number of pyridine rings is 1. The number of fused-ring (bicyclic) bond motifs is 1. The molecule has 0 saturated carbocycles. The molecule has 0 saturated heterocycles. The van der Waals surface area contributed by atoms with Crippen LogP contribution in [-0.2, 0) is 11.2 Å². The summed E-state index contributed by atoms with van der Waals surface area (Å²) in [5.74, 6) is 0. The van der Waals surface area contributed by atoms with Gasteiger partial charge in [0.05, 0.1) is 5.52 Å². The molecule has 2 rings (SSSR count). The molecule has 0 aliphatic carbocycles. The van der Waals surface area contributed by atoms with Crippen LogP contribution in [0.15, 0.2) is 36.4 Å². The van der Waals surface area contributed by atoms with E-state index in [1.807, 2.05) is 36.4 Å². The van der Waals surface area contributed by atoms with Gasteiger partial charge in [0.1, 0.15) is 0 Å². The first kappa shape index (κ1) is 10.2. The van der Waals surface area contributed by atoms with E-state index in [-0.39, 0.29) is 5.12 Å².